The monoisotopic (exact) mass is 240 g/mol. The summed E-state index contributed by atoms with van der Waals surface area (Å²) in [4.78, 5) is 25.1. The molecule has 1 unspecified atom stereocenters. The minimum atomic E-state index is -0.168. The van der Waals surface area contributed by atoms with Crippen LogP contribution in [0.25, 0.3) is 0 Å². The van der Waals surface area contributed by atoms with Gasteiger partial charge in [-0.1, -0.05) is 6.92 Å². The number of amides is 3. The number of carbonyl (C=O) groups excluding carboxylic acids is 2. The van der Waals surface area contributed by atoms with Gasteiger partial charge in [-0.3, -0.25) is 4.79 Å². The number of nitrogens with one attached hydrogen (secondary N) is 3. The van der Waals surface area contributed by atoms with Crippen LogP contribution in [0.4, 0.5) is 4.79 Å². The maximum Gasteiger partial charge on any atom is 0.315 e. The van der Waals surface area contributed by atoms with E-state index in [2.05, 4.69) is 16.0 Å². The van der Waals surface area contributed by atoms with E-state index in [9.17, 15) is 9.59 Å². The highest BCUT2D eigenvalue weighted by molar-refractivity contribution is 5.82. The molecule has 0 radical (unpaired) electrons. The lowest BCUT2D eigenvalue weighted by Gasteiger charge is -2.35. The first-order valence-corrected chi connectivity index (χ1v) is 6.25. The summed E-state index contributed by atoms with van der Waals surface area (Å²) in [5.41, 5.74) is 0. The highest BCUT2D eigenvalue weighted by Crippen LogP contribution is 2.16. The van der Waals surface area contributed by atoms with Crippen molar-refractivity contribution in [3.05, 3.63) is 0 Å². The zero-order valence-electron chi connectivity index (χ0n) is 10.2. The average Bonchev–Trinajstić information content (AvgIpc) is 2.54. The molecule has 17 heavy (non-hydrogen) atoms. The van der Waals surface area contributed by atoms with Gasteiger partial charge in [-0.15, -0.1) is 0 Å². The Labute approximate surface area is 101 Å². The number of carbonyl (C=O) groups is 2. The van der Waals surface area contributed by atoms with E-state index in [0.717, 1.165) is 19.5 Å². The van der Waals surface area contributed by atoms with Crippen molar-refractivity contribution in [1.82, 2.24) is 20.9 Å². The highest BCUT2D eigenvalue weighted by Gasteiger charge is 2.37. The van der Waals surface area contributed by atoms with Crippen molar-refractivity contribution in [1.29, 1.82) is 0 Å². The van der Waals surface area contributed by atoms with Crippen LogP contribution in [0, 0.1) is 0 Å². The number of hydrogen-bond donors (Lipinski definition) is 3. The van der Waals surface area contributed by atoms with Crippen LogP contribution in [0.3, 0.4) is 0 Å². The lowest BCUT2D eigenvalue weighted by molar-refractivity contribution is -0.130. The standard InChI is InChI=1S/C11H20N4O2/c1-2-3-13-11(17)14-8-4-10(16)15(7-8)9-5-12-6-9/h8-9,12H,2-7H2,1H3,(H2,13,14,17). The fourth-order valence-corrected chi connectivity index (χ4v) is 2.15. The second-order valence-electron chi connectivity index (χ2n) is 4.66. The first kappa shape index (κ1) is 12.2. The molecule has 0 bridgehead atoms. The summed E-state index contributed by atoms with van der Waals surface area (Å²) in [5, 5.41) is 8.75. The molecule has 6 heteroatoms. The molecule has 2 heterocycles. The number of likely N-dealkylation sites (tertiary alicyclic amines) is 1. The third-order valence-electron chi connectivity index (χ3n) is 3.23. The minimum Gasteiger partial charge on any atom is -0.338 e. The molecule has 6 nitrogen and oxygen atoms in total. The Kier molecular flexibility index (Phi) is 3.83. The van der Waals surface area contributed by atoms with Crippen LogP contribution in [0.2, 0.25) is 0 Å². The van der Waals surface area contributed by atoms with E-state index < -0.39 is 0 Å². The van der Waals surface area contributed by atoms with Gasteiger partial charge in [0.1, 0.15) is 0 Å². The zero-order chi connectivity index (χ0) is 12.3. The predicted molar refractivity (Wildman–Crippen MR) is 63.6 cm³/mol. The molecular weight excluding hydrogens is 220 g/mol. The second kappa shape index (κ2) is 5.35. The molecule has 0 aliphatic carbocycles. The molecule has 3 amide bonds. The van der Waals surface area contributed by atoms with Gasteiger partial charge in [-0.25, -0.2) is 4.79 Å². The first-order chi connectivity index (χ1) is 8.20. The van der Waals surface area contributed by atoms with Gasteiger partial charge in [0.15, 0.2) is 0 Å². The molecule has 0 saturated carbocycles. The molecule has 2 aliphatic rings. The van der Waals surface area contributed by atoms with Gasteiger partial charge in [0.05, 0.1) is 12.1 Å². The summed E-state index contributed by atoms with van der Waals surface area (Å²) < 4.78 is 0. The first-order valence-electron chi connectivity index (χ1n) is 6.25. The minimum absolute atomic E-state index is 0.0417. The zero-order valence-corrected chi connectivity index (χ0v) is 10.2. The molecule has 2 rings (SSSR count). The summed E-state index contributed by atoms with van der Waals surface area (Å²) >= 11 is 0. The molecule has 96 valence electrons. The third-order valence-corrected chi connectivity index (χ3v) is 3.23. The summed E-state index contributed by atoms with van der Waals surface area (Å²) in [5.74, 6) is 0.150. The van der Waals surface area contributed by atoms with Gasteiger partial charge in [-0.05, 0) is 6.42 Å². The van der Waals surface area contributed by atoms with E-state index in [1.54, 1.807) is 0 Å². The van der Waals surface area contributed by atoms with E-state index in [0.29, 0.717) is 25.6 Å². The van der Waals surface area contributed by atoms with E-state index in [1.807, 2.05) is 11.8 Å². The van der Waals surface area contributed by atoms with E-state index in [1.165, 1.54) is 0 Å². The van der Waals surface area contributed by atoms with Crippen molar-refractivity contribution < 1.29 is 9.59 Å². The van der Waals surface area contributed by atoms with E-state index >= 15 is 0 Å². The fourth-order valence-electron chi connectivity index (χ4n) is 2.15. The maximum absolute atomic E-state index is 11.7. The van der Waals surface area contributed by atoms with E-state index in [-0.39, 0.29) is 18.0 Å². The van der Waals surface area contributed by atoms with Crippen LogP contribution in [-0.4, -0.2) is 55.1 Å². The van der Waals surface area contributed by atoms with Crippen LogP contribution >= 0.6 is 0 Å². The van der Waals surface area contributed by atoms with Crippen molar-refractivity contribution in [3.8, 4) is 0 Å². The lowest BCUT2D eigenvalue weighted by atomic mass is 10.1. The Balaban J connectivity index is 1.76. The Morgan fingerprint density at radius 1 is 1.53 bits per heavy atom. The largest absolute Gasteiger partial charge is 0.338 e. The molecule has 2 aliphatic heterocycles. The summed E-state index contributed by atoms with van der Waals surface area (Å²) in [6.07, 6.45) is 1.34. The number of rotatable bonds is 4. The Hall–Kier alpha value is -1.30. The molecule has 0 aromatic heterocycles. The Morgan fingerprint density at radius 3 is 2.88 bits per heavy atom. The number of nitrogens with zero attached hydrogens (tertiary/aromatic N) is 1. The molecule has 3 N–H and O–H groups in total. The fraction of sp³-hybridized carbons (Fsp3) is 0.818. The molecule has 0 spiro atoms. The topological polar surface area (TPSA) is 73.5 Å². The van der Waals surface area contributed by atoms with Crippen LogP contribution < -0.4 is 16.0 Å². The SMILES string of the molecule is CCCNC(=O)NC1CC(=O)N(C2CNC2)C1. The molecule has 1 atom stereocenters. The summed E-state index contributed by atoms with van der Waals surface area (Å²) in [7, 11) is 0. The van der Waals surface area contributed by atoms with Crippen molar-refractivity contribution in [3.63, 3.8) is 0 Å². The van der Waals surface area contributed by atoms with E-state index in [4.69, 9.17) is 0 Å². The average molecular weight is 240 g/mol. The maximum atomic E-state index is 11.7. The van der Waals surface area contributed by atoms with Crippen molar-refractivity contribution in [2.75, 3.05) is 26.2 Å². The van der Waals surface area contributed by atoms with Gasteiger partial charge < -0.3 is 20.9 Å². The normalized spacial score (nSPS) is 24.6. The highest BCUT2D eigenvalue weighted by atomic mass is 16.2. The van der Waals surface area contributed by atoms with Gasteiger partial charge in [0.2, 0.25) is 5.91 Å². The lowest BCUT2D eigenvalue weighted by Crippen LogP contribution is -2.58. The van der Waals surface area contributed by atoms with Crippen LogP contribution in [0.15, 0.2) is 0 Å². The Morgan fingerprint density at radius 2 is 2.29 bits per heavy atom. The van der Waals surface area contributed by atoms with Crippen LogP contribution in [0.5, 0.6) is 0 Å². The van der Waals surface area contributed by atoms with Gasteiger partial charge in [0, 0.05) is 32.6 Å². The van der Waals surface area contributed by atoms with Crippen LogP contribution in [-0.2, 0) is 4.79 Å². The molecule has 0 aromatic carbocycles. The van der Waals surface area contributed by atoms with Crippen molar-refractivity contribution >= 4 is 11.9 Å². The molecule has 0 aromatic rings. The smallest absolute Gasteiger partial charge is 0.315 e. The quantitative estimate of drug-likeness (QED) is 0.606. The molecule has 2 saturated heterocycles. The second-order valence-corrected chi connectivity index (χ2v) is 4.66. The number of urea groups is 1. The van der Waals surface area contributed by atoms with Crippen molar-refractivity contribution in [2.45, 2.75) is 31.8 Å². The number of hydrogen-bond acceptors (Lipinski definition) is 3. The van der Waals surface area contributed by atoms with Gasteiger partial charge >= 0.3 is 6.03 Å². The Bertz CT molecular complexity index is 304. The third kappa shape index (κ3) is 2.88. The molecule has 2 fully saturated rings. The summed E-state index contributed by atoms with van der Waals surface area (Å²) in [6.45, 7) is 5.07. The van der Waals surface area contributed by atoms with Crippen molar-refractivity contribution in [2.24, 2.45) is 0 Å². The van der Waals surface area contributed by atoms with Crippen LogP contribution in [0.1, 0.15) is 19.8 Å². The predicted octanol–water partition coefficient (Wildman–Crippen LogP) is -0.732. The van der Waals surface area contributed by atoms with Gasteiger partial charge in [-0.2, -0.15) is 0 Å². The summed E-state index contributed by atoms with van der Waals surface area (Å²) in [6, 6.07) is 0.117. The van der Waals surface area contributed by atoms with Gasteiger partial charge in [0.25, 0.3) is 0 Å². The molecular formula is C11H20N4O2.